The number of nitrogens with one attached hydrogen (secondary N) is 1. The van der Waals surface area contributed by atoms with Crippen LogP contribution in [0.4, 0.5) is 11.4 Å². The number of nitrogen functional groups attached to an aromatic ring is 1. The van der Waals surface area contributed by atoms with Crippen LogP contribution < -0.4 is 11.1 Å². The highest BCUT2D eigenvalue weighted by Crippen LogP contribution is 2.20. The minimum Gasteiger partial charge on any atom is -0.398 e. The first kappa shape index (κ1) is 13.5. The average molecular weight is 236 g/mol. The fourth-order valence-electron chi connectivity index (χ4n) is 1.37. The Hall–Kier alpha value is -1.55. The Balaban J connectivity index is 2.83. The molecule has 4 heteroatoms. The number of rotatable bonds is 4. The lowest BCUT2D eigenvalue weighted by Crippen LogP contribution is -2.38. The van der Waals surface area contributed by atoms with Gasteiger partial charge in [-0.25, -0.2) is 0 Å². The topological polar surface area (TPSA) is 64.3 Å². The van der Waals surface area contributed by atoms with Gasteiger partial charge >= 0.3 is 0 Å². The smallest absolute Gasteiger partial charge is 0.256 e. The van der Waals surface area contributed by atoms with Crippen molar-refractivity contribution in [3.63, 3.8) is 0 Å². The zero-order valence-electron chi connectivity index (χ0n) is 10.8. The van der Waals surface area contributed by atoms with Gasteiger partial charge in [-0.3, -0.25) is 4.79 Å². The molecule has 1 amide bonds. The number of ether oxygens (including phenoxy) is 1. The van der Waals surface area contributed by atoms with E-state index in [9.17, 15) is 4.79 Å². The summed E-state index contributed by atoms with van der Waals surface area (Å²) >= 11 is 0. The summed E-state index contributed by atoms with van der Waals surface area (Å²) in [7, 11) is 1.51. The molecule has 0 aliphatic carbocycles. The molecule has 1 aromatic carbocycles. The number of carbonyl (C=O) groups excluding carboxylic acids is 1. The van der Waals surface area contributed by atoms with E-state index in [2.05, 4.69) is 5.32 Å². The van der Waals surface area contributed by atoms with E-state index in [0.717, 1.165) is 12.0 Å². The maximum Gasteiger partial charge on any atom is 0.256 e. The van der Waals surface area contributed by atoms with Gasteiger partial charge in [-0.05, 0) is 38.0 Å². The Morgan fingerprint density at radius 3 is 2.59 bits per heavy atom. The van der Waals surface area contributed by atoms with Crippen LogP contribution in [0.3, 0.4) is 0 Å². The van der Waals surface area contributed by atoms with Crippen LogP contribution in [-0.2, 0) is 16.0 Å². The van der Waals surface area contributed by atoms with Crippen molar-refractivity contribution in [2.45, 2.75) is 32.8 Å². The highest BCUT2D eigenvalue weighted by atomic mass is 16.5. The van der Waals surface area contributed by atoms with Gasteiger partial charge in [0.15, 0.2) is 0 Å². The molecule has 0 fully saturated rings. The Morgan fingerprint density at radius 2 is 2.12 bits per heavy atom. The molecular weight excluding hydrogens is 216 g/mol. The van der Waals surface area contributed by atoms with Gasteiger partial charge in [-0.15, -0.1) is 0 Å². The van der Waals surface area contributed by atoms with Gasteiger partial charge in [-0.1, -0.05) is 13.0 Å². The molecule has 0 atom stereocenters. The second-order valence-corrected chi connectivity index (χ2v) is 4.44. The van der Waals surface area contributed by atoms with Crippen molar-refractivity contribution in [2.24, 2.45) is 0 Å². The van der Waals surface area contributed by atoms with Crippen LogP contribution in [-0.4, -0.2) is 18.6 Å². The van der Waals surface area contributed by atoms with Gasteiger partial charge < -0.3 is 15.8 Å². The van der Waals surface area contributed by atoms with E-state index in [4.69, 9.17) is 10.5 Å². The fourth-order valence-corrected chi connectivity index (χ4v) is 1.37. The molecule has 0 spiro atoms. The molecule has 0 unspecified atom stereocenters. The highest BCUT2D eigenvalue weighted by molar-refractivity contribution is 5.97. The van der Waals surface area contributed by atoms with E-state index in [1.807, 2.05) is 19.1 Å². The summed E-state index contributed by atoms with van der Waals surface area (Å²) in [5.41, 5.74) is 7.48. The fraction of sp³-hybridized carbons (Fsp3) is 0.462. The number of carbonyl (C=O) groups is 1. The molecule has 0 aromatic heterocycles. The Kier molecular flexibility index (Phi) is 4.12. The van der Waals surface area contributed by atoms with E-state index in [1.165, 1.54) is 7.11 Å². The quantitative estimate of drug-likeness (QED) is 0.788. The largest absolute Gasteiger partial charge is 0.398 e. The lowest BCUT2D eigenvalue weighted by atomic mass is 10.1. The van der Waals surface area contributed by atoms with Crippen LogP contribution >= 0.6 is 0 Å². The molecule has 1 rings (SSSR count). The summed E-state index contributed by atoms with van der Waals surface area (Å²) in [6.45, 7) is 5.47. The minimum absolute atomic E-state index is 0.191. The summed E-state index contributed by atoms with van der Waals surface area (Å²) in [5, 5.41) is 2.78. The number of nitrogens with two attached hydrogens (primary N) is 1. The highest BCUT2D eigenvalue weighted by Gasteiger charge is 2.26. The number of aryl methyl sites for hydroxylation is 1. The summed E-state index contributed by atoms with van der Waals surface area (Å²) in [6.07, 6.45) is 0.879. The molecule has 0 heterocycles. The molecule has 94 valence electrons. The van der Waals surface area contributed by atoms with Crippen LogP contribution in [0.5, 0.6) is 0 Å². The number of anilines is 2. The first-order valence-electron chi connectivity index (χ1n) is 5.65. The van der Waals surface area contributed by atoms with Crippen LogP contribution in [0.25, 0.3) is 0 Å². The van der Waals surface area contributed by atoms with Gasteiger partial charge in [0, 0.05) is 18.5 Å². The first-order valence-corrected chi connectivity index (χ1v) is 5.65. The van der Waals surface area contributed by atoms with Crippen molar-refractivity contribution in [1.29, 1.82) is 0 Å². The molecule has 1 aromatic rings. The molecule has 0 bridgehead atoms. The van der Waals surface area contributed by atoms with Crippen molar-refractivity contribution >= 4 is 17.3 Å². The van der Waals surface area contributed by atoms with Crippen LogP contribution in [0.2, 0.25) is 0 Å². The lowest BCUT2D eigenvalue weighted by Gasteiger charge is -2.21. The minimum atomic E-state index is -0.849. The molecular formula is C13H20N2O2. The van der Waals surface area contributed by atoms with E-state index < -0.39 is 5.60 Å². The Labute approximate surface area is 102 Å². The van der Waals surface area contributed by atoms with Gasteiger partial charge in [-0.2, -0.15) is 0 Å². The van der Waals surface area contributed by atoms with E-state index in [1.54, 1.807) is 19.9 Å². The molecule has 0 aliphatic heterocycles. The maximum atomic E-state index is 11.9. The standard InChI is InChI=1S/C13H20N2O2/c1-5-9-6-7-10(8-11(9)14)15-12(16)13(2,3)17-4/h6-8H,5,14H2,1-4H3,(H,15,16). The number of benzene rings is 1. The zero-order chi connectivity index (χ0) is 13.1. The summed E-state index contributed by atoms with van der Waals surface area (Å²) in [4.78, 5) is 11.9. The second kappa shape index (κ2) is 5.19. The van der Waals surface area contributed by atoms with Crippen LogP contribution in [0, 0.1) is 0 Å². The SMILES string of the molecule is CCc1ccc(NC(=O)C(C)(C)OC)cc1N. The number of hydrogen-bond donors (Lipinski definition) is 2. The zero-order valence-corrected chi connectivity index (χ0v) is 10.8. The summed E-state index contributed by atoms with van der Waals surface area (Å²) < 4.78 is 5.10. The average Bonchev–Trinajstić information content (AvgIpc) is 2.29. The number of amides is 1. The third-order valence-corrected chi connectivity index (χ3v) is 2.84. The van der Waals surface area contributed by atoms with Crippen LogP contribution in [0.15, 0.2) is 18.2 Å². The molecule has 17 heavy (non-hydrogen) atoms. The predicted octanol–water partition coefficient (Wildman–Crippen LogP) is 2.19. The molecule has 0 radical (unpaired) electrons. The molecule has 4 nitrogen and oxygen atoms in total. The molecule has 0 saturated carbocycles. The van der Waals surface area contributed by atoms with Gasteiger partial charge in [0.1, 0.15) is 5.60 Å². The van der Waals surface area contributed by atoms with Crippen molar-refractivity contribution in [3.8, 4) is 0 Å². The van der Waals surface area contributed by atoms with E-state index in [-0.39, 0.29) is 5.91 Å². The Bertz CT molecular complexity index is 414. The molecule has 0 saturated heterocycles. The molecule has 0 aliphatic rings. The van der Waals surface area contributed by atoms with Gasteiger partial charge in [0.2, 0.25) is 0 Å². The van der Waals surface area contributed by atoms with Gasteiger partial charge in [0.25, 0.3) is 5.91 Å². The summed E-state index contributed by atoms with van der Waals surface area (Å²) in [6, 6.07) is 5.53. The van der Waals surface area contributed by atoms with Crippen LogP contribution in [0.1, 0.15) is 26.3 Å². The van der Waals surface area contributed by atoms with Crippen molar-refractivity contribution < 1.29 is 9.53 Å². The lowest BCUT2D eigenvalue weighted by molar-refractivity contribution is -0.133. The van der Waals surface area contributed by atoms with Crippen molar-refractivity contribution in [1.82, 2.24) is 0 Å². The van der Waals surface area contributed by atoms with E-state index in [0.29, 0.717) is 11.4 Å². The number of hydrogen-bond acceptors (Lipinski definition) is 3. The second-order valence-electron chi connectivity index (χ2n) is 4.44. The van der Waals surface area contributed by atoms with Crippen molar-refractivity contribution in [2.75, 3.05) is 18.2 Å². The third-order valence-electron chi connectivity index (χ3n) is 2.84. The maximum absolute atomic E-state index is 11.9. The Morgan fingerprint density at radius 1 is 1.47 bits per heavy atom. The summed E-state index contributed by atoms with van der Waals surface area (Å²) in [5.74, 6) is -0.191. The molecule has 3 N–H and O–H groups in total. The third kappa shape index (κ3) is 3.20. The normalized spacial score (nSPS) is 11.3. The predicted molar refractivity (Wildman–Crippen MR) is 70.0 cm³/mol. The van der Waals surface area contributed by atoms with E-state index >= 15 is 0 Å². The van der Waals surface area contributed by atoms with Crippen molar-refractivity contribution in [3.05, 3.63) is 23.8 Å². The first-order chi connectivity index (χ1) is 7.90. The monoisotopic (exact) mass is 236 g/mol. The number of methoxy groups -OCH3 is 1. The van der Waals surface area contributed by atoms with Gasteiger partial charge in [0.05, 0.1) is 0 Å².